The number of unbranched alkanes of at least 4 members (excludes halogenated alkanes) is 1. The van der Waals surface area contributed by atoms with Crippen molar-refractivity contribution in [1.82, 2.24) is 10.2 Å². The van der Waals surface area contributed by atoms with Crippen LogP contribution in [0.5, 0.6) is 0 Å². The van der Waals surface area contributed by atoms with E-state index in [2.05, 4.69) is 27.9 Å². The van der Waals surface area contributed by atoms with Gasteiger partial charge in [-0.1, -0.05) is 28.7 Å². The van der Waals surface area contributed by atoms with Crippen molar-refractivity contribution in [3.05, 3.63) is 29.3 Å². The molecule has 132 valence electrons. The van der Waals surface area contributed by atoms with Crippen molar-refractivity contribution >= 4 is 58.0 Å². The van der Waals surface area contributed by atoms with Gasteiger partial charge in [-0.25, -0.2) is 0 Å². The molecule has 0 saturated carbocycles. The maximum Gasteiger partial charge on any atom is 0.263 e. The summed E-state index contributed by atoms with van der Waals surface area (Å²) in [4.78, 5) is 50.7. The Kier molecular flexibility index (Phi) is 5.78. The van der Waals surface area contributed by atoms with E-state index in [9.17, 15) is 19.2 Å². The van der Waals surface area contributed by atoms with Crippen LogP contribution in [0.4, 0.5) is 0 Å². The highest BCUT2D eigenvalue weighted by molar-refractivity contribution is 14.1. The lowest BCUT2D eigenvalue weighted by Gasteiger charge is -2.27. The molecule has 0 bridgehead atoms. The third kappa shape index (κ3) is 3.59. The minimum atomic E-state index is -0.915. The van der Waals surface area contributed by atoms with Crippen LogP contribution in [-0.2, 0) is 9.59 Å². The number of nitrogens with zero attached hydrogens (tertiary/aromatic N) is 1. The van der Waals surface area contributed by atoms with Gasteiger partial charge in [-0.15, -0.1) is 11.8 Å². The summed E-state index contributed by atoms with van der Waals surface area (Å²) in [5, 5.41) is 2.21. The van der Waals surface area contributed by atoms with Crippen LogP contribution >= 0.6 is 34.4 Å². The molecule has 25 heavy (non-hydrogen) atoms. The molecule has 1 saturated heterocycles. The number of rotatable bonds is 6. The summed E-state index contributed by atoms with van der Waals surface area (Å²) in [6, 6.07) is 4.31. The largest absolute Gasteiger partial charge is 0.295 e. The SMILES string of the molecule is O=C1CCC(N2C(=O)c3cccc(SCCCCI)c3C2=O)C(=O)N1. The van der Waals surface area contributed by atoms with Gasteiger partial charge in [-0.2, -0.15) is 0 Å². The van der Waals surface area contributed by atoms with Gasteiger partial charge in [0.05, 0.1) is 11.1 Å². The summed E-state index contributed by atoms with van der Waals surface area (Å²) in [6.07, 6.45) is 2.45. The second-order valence-electron chi connectivity index (χ2n) is 5.87. The van der Waals surface area contributed by atoms with E-state index < -0.39 is 23.8 Å². The standard InChI is InChI=1S/C17H17IN2O4S/c18-8-1-2-9-25-12-5-3-4-10-14(12)17(24)20(16(10)23)11-6-7-13(21)19-15(11)22/h3-5,11H,1-2,6-9H2,(H,19,21,22). The lowest BCUT2D eigenvalue weighted by molar-refractivity contribution is -0.136. The summed E-state index contributed by atoms with van der Waals surface area (Å²) in [7, 11) is 0. The smallest absolute Gasteiger partial charge is 0.263 e. The number of halogens is 1. The third-order valence-electron chi connectivity index (χ3n) is 4.22. The predicted octanol–water partition coefficient (Wildman–Crippen LogP) is 2.40. The molecule has 1 unspecified atom stereocenters. The van der Waals surface area contributed by atoms with Gasteiger partial charge in [-0.05, 0) is 41.6 Å². The monoisotopic (exact) mass is 472 g/mol. The molecule has 3 rings (SSSR count). The van der Waals surface area contributed by atoms with E-state index in [0.717, 1.165) is 32.8 Å². The van der Waals surface area contributed by atoms with Gasteiger partial charge < -0.3 is 0 Å². The Balaban J connectivity index is 1.84. The maximum absolute atomic E-state index is 12.9. The van der Waals surface area contributed by atoms with Gasteiger partial charge in [0.2, 0.25) is 11.8 Å². The molecule has 2 heterocycles. The predicted molar refractivity (Wildman–Crippen MR) is 102 cm³/mol. The number of carbonyl (C=O) groups excluding carboxylic acids is 4. The highest BCUT2D eigenvalue weighted by atomic mass is 127. The molecule has 0 spiro atoms. The van der Waals surface area contributed by atoms with Crippen LogP contribution in [0, 0.1) is 0 Å². The van der Waals surface area contributed by atoms with E-state index in [1.165, 1.54) is 0 Å². The number of piperidine rings is 1. The average molecular weight is 472 g/mol. The van der Waals surface area contributed by atoms with E-state index in [0.29, 0.717) is 11.1 Å². The Bertz CT molecular complexity index is 752. The van der Waals surface area contributed by atoms with Crippen molar-refractivity contribution in [1.29, 1.82) is 0 Å². The molecular formula is C17H17IN2O4S. The number of alkyl halides is 1. The van der Waals surface area contributed by atoms with Crippen LogP contribution in [0.15, 0.2) is 23.1 Å². The Morgan fingerprint density at radius 2 is 1.96 bits per heavy atom. The Morgan fingerprint density at radius 1 is 1.16 bits per heavy atom. The molecular weight excluding hydrogens is 455 g/mol. The van der Waals surface area contributed by atoms with Crippen molar-refractivity contribution in [3.8, 4) is 0 Å². The van der Waals surface area contributed by atoms with Gasteiger partial charge in [0.25, 0.3) is 11.8 Å². The van der Waals surface area contributed by atoms with E-state index in [1.807, 2.05) is 6.07 Å². The zero-order valence-electron chi connectivity index (χ0n) is 13.4. The number of hydrogen-bond acceptors (Lipinski definition) is 5. The van der Waals surface area contributed by atoms with Crippen LogP contribution in [0.3, 0.4) is 0 Å². The first-order chi connectivity index (χ1) is 12.0. The zero-order valence-corrected chi connectivity index (χ0v) is 16.4. The first kappa shape index (κ1) is 18.4. The molecule has 1 fully saturated rings. The zero-order chi connectivity index (χ0) is 18.0. The molecule has 1 aromatic rings. The van der Waals surface area contributed by atoms with Gasteiger partial charge >= 0.3 is 0 Å². The molecule has 2 aliphatic heterocycles. The van der Waals surface area contributed by atoms with Crippen LogP contribution in [0.1, 0.15) is 46.4 Å². The summed E-state index contributed by atoms with van der Waals surface area (Å²) in [5.41, 5.74) is 0.727. The number of thioether (sulfide) groups is 1. The lowest BCUT2D eigenvalue weighted by Crippen LogP contribution is -2.54. The first-order valence-electron chi connectivity index (χ1n) is 8.08. The minimum Gasteiger partial charge on any atom is -0.295 e. The number of amides is 4. The topological polar surface area (TPSA) is 83.6 Å². The molecule has 0 aromatic heterocycles. The summed E-state index contributed by atoms with van der Waals surface area (Å²) >= 11 is 3.89. The number of carbonyl (C=O) groups is 4. The molecule has 8 heteroatoms. The van der Waals surface area contributed by atoms with Crippen molar-refractivity contribution in [2.45, 2.75) is 36.6 Å². The van der Waals surface area contributed by atoms with E-state index in [1.54, 1.807) is 23.9 Å². The molecule has 2 aliphatic rings. The normalized spacial score (nSPS) is 20.0. The number of hydrogen-bond donors (Lipinski definition) is 1. The average Bonchev–Trinajstić information content (AvgIpc) is 2.84. The number of fused-ring (bicyclic) bond motifs is 1. The number of benzene rings is 1. The highest BCUT2D eigenvalue weighted by Gasteiger charge is 2.45. The second kappa shape index (κ2) is 7.86. The number of nitrogens with one attached hydrogen (secondary N) is 1. The van der Waals surface area contributed by atoms with Crippen molar-refractivity contribution in [3.63, 3.8) is 0 Å². The van der Waals surface area contributed by atoms with Gasteiger partial charge in [0.15, 0.2) is 0 Å². The van der Waals surface area contributed by atoms with E-state index in [-0.39, 0.29) is 18.7 Å². The van der Waals surface area contributed by atoms with Crippen LogP contribution in [-0.4, -0.2) is 44.8 Å². The summed E-state index contributed by atoms with van der Waals surface area (Å²) in [6.45, 7) is 0. The molecule has 1 N–H and O–H groups in total. The molecule has 1 aromatic carbocycles. The molecule has 0 radical (unpaired) electrons. The fourth-order valence-corrected chi connectivity index (χ4v) is 4.61. The van der Waals surface area contributed by atoms with Crippen molar-refractivity contribution in [2.24, 2.45) is 0 Å². The first-order valence-corrected chi connectivity index (χ1v) is 10.6. The van der Waals surface area contributed by atoms with Gasteiger partial charge in [-0.3, -0.25) is 29.4 Å². The van der Waals surface area contributed by atoms with E-state index >= 15 is 0 Å². The Labute approximate surface area is 163 Å². The van der Waals surface area contributed by atoms with Crippen molar-refractivity contribution < 1.29 is 19.2 Å². The number of imide groups is 2. The molecule has 1 atom stereocenters. The Morgan fingerprint density at radius 3 is 2.68 bits per heavy atom. The van der Waals surface area contributed by atoms with Crippen LogP contribution < -0.4 is 5.32 Å². The van der Waals surface area contributed by atoms with Crippen LogP contribution in [0.2, 0.25) is 0 Å². The highest BCUT2D eigenvalue weighted by Crippen LogP contribution is 2.34. The maximum atomic E-state index is 12.9. The van der Waals surface area contributed by atoms with E-state index in [4.69, 9.17) is 0 Å². The summed E-state index contributed by atoms with van der Waals surface area (Å²) < 4.78 is 1.09. The van der Waals surface area contributed by atoms with Gasteiger partial charge in [0, 0.05) is 11.3 Å². The molecule has 0 aliphatic carbocycles. The minimum absolute atomic E-state index is 0.127. The van der Waals surface area contributed by atoms with Crippen molar-refractivity contribution in [2.75, 3.05) is 10.2 Å². The lowest BCUT2D eigenvalue weighted by atomic mass is 10.0. The van der Waals surface area contributed by atoms with Gasteiger partial charge in [0.1, 0.15) is 6.04 Å². The third-order valence-corrected chi connectivity index (χ3v) is 6.12. The van der Waals surface area contributed by atoms with Crippen LogP contribution in [0.25, 0.3) is 0 Å². The quantitative estimate of drug-likeness (QED) is 0.226. The summed E-state index contributed by atoms with van der Waals surface area (Å²) in [5.74, 6) is -0.971. The second-order valence-corrected chi connectivity index (χ2v) is 8.09. The fourth-order valence-electron chi connectivity index (χ4n) is 2.98. The molecule has 6 nitrogen and oxygen atoms in total. The molecule has 4 amide bonds. The fraction of sp³-hybridized carbons (Fsp3) is 0.412. The Hall–Kier alpha value is -1.42.